The van der Waals surface area contributed by atoms with E-state index in [4.69, 9.17) is 32.6 Å². The molecule has 0 radical (unpaired) electrons. The Morgan fingerprint density at radius 2 is 1.98 bits per heavy atom. The number of anilines is 2. The Kier molecular flexibility index (Phi) is 3.59. The molecule has 6 rings (SSSR count). The van der Waals surface area contributed by atoms with Crippen LogP contribution in [-0.4, -0.2) is 64.7 Å². The summed E-state index contributed by atoms with van der Waals surface area (Å²) in [6.45, 7) is -23.8. The lowest BCUT2D eigenvalue weighted by atomic mass is 9.92. The number of thiazole rings is 1. The molecule has 2 amide bonds. The number of hydrogen-bond donors (Lipinski definition) is 2. The molecule has 10 nitrogen and oxygen atoms in total. The van der Waals surface area contributed by atoms with Gasteiger partial charge in [-0.1, -0.05) is 49.2 Å². The van der Waals surface area contributed by atoms with Crippen molar-refractivity contribution < 1.29 is 42.1 Å². The number of aromatic nitrogens is 3. The first kappa shape index (κ1) is 13.2. The van der Waals surface area contributed by atoms with E-state index >= 15 is 0 Å². The molecule has 0 bridgehead atoms. The first-order valence-corrected chi connectivity index (χ1v) is 12.5. The van der Waals surface area contributed by atoms with Gasteiger partial charge in [0.1, 0.15) is 12.4 Å². The topological polar surface area (TPSA) is 106 Å². The van der Waals surface area contributed by atoms with E-state index in [1.807, 2.05) is 4.40 Å². The number of benzene rings is 2. The van der Waals surface area contributed by atoms with Crippen LogP contribution in [0.3, 0.4) is 0 Å². The standard InChI is InChI=1S/C29H32N6O4S/c1-29(2,3)25-17-26(39-33-25)32-27(36)30-20-6-4-19(5-7-20)22-18-35-23-9-8-21(16-24(23)40-28(35)31-22)38-15-12-34-10-13-37-14-11-34/h4-9,16-18H,10-15H2,1-3H3,(H2,30,32,36)/i1D3,2D3,3D3,10D2,11D2,13D2,14D2. The van der Waals surface area contributed by atoms with Crippen LogP contribution in [0.2, 0.25) is 0 Å². The summed E-state index contributed by atoms with van der Waals surface area (Å²) < 4.78 is 152. The van der Waals surface area contributed by atoms with Crippen molar-refractivity contribution in [2.24, 2.45) is 0 Å². The third kappa shape index (κ3) is 5.81. The van der Waals surface area contributed by atoms with Crippen molar-refractivity contribution in [1.29, 1.82) is 0 Å². The fraction of sp³-hybridized carbons (Fsp3) is 0.345. The van der Waals surface area contributed by atoms with Crippen LogP contribution in [0.5, 0.6) is 5.75 Å². The van der Waals surface area contributed by atoms with Crippen LogP contribution in [0.4, 0.5) is 16.4 Å². The Bertz CT molecular complexity index is 2240. The Labute approximate surface area is 259 Å². The molecule has 0 saturated carbocycles. The van der Waals surface area contributed by atoms with Crippen LogP contribution in [0.15, 0.2) is 59.3 Å². The van der Waals surface area contributed by atoms with Gasteiger partial charge in [-0.25, -0.2) is 9.78 Å². The highest BCUT2D eigenvalue weighted by atomic mass is 32.1. The number of fused-ring (bicyclic) bond motifs is 3. The van der Waals surface area contributed by atoms with E-state index in [9.17, 15) is 4.79 Å². The SMILES string of the molecule is [2H]C([2H])([2H])C(c1cc(NC(=O)Nc2ccc(-c3cn4c(n3)sc3cc(OCCN5C([2H])([2H])C([2H])([2H])OC([2H])([2H])C5([2H])[2H])ccc34)cc2)on1)(C([2H])([2H])[2H])C([2H])([2H])[2H]. The van der Waals surface area contributed by atoms with Crippen LogP contribution < -0.4 is 15.4 Å². The quantitative estimate of drug-likeness (QED) is 0.250. The lowest BCUT2D eigenvalue weighted by Crippen LogP contribution is -2.38. The van der Waals surface area contributed by atoms with E-state index in [1.165, 1.54) is 11.3 Å². The summed E-state index contributed by atoms with van der Waals surface area (Å²) in [5.74, 6) is -0.151. The van der Waals surface area contributed by atoms with Gasteiger partial charge in [0.2, 0.25) is 5.88 Å². The van der Waals surface area contributed by atoms with Crippen molar-refractivity contribution in [2.45, 2.75) is 26.0 Å². The minimum Gasteiger partial charge on any atom is -0.492 e. The number of carbonyl (C=O) groups excluding carboxylic acids is 1. The van der Waals surface area contributed by atoms with Gasteiger partial charge in [0.15, 0.2) is 4.96 Å². The Morgan fingerprint density at radius 3 is 2.77 bits per heavy atom. The summed E-state index contributed by atoms with van der Waals surface area (Å²) >= 11 is 1.32. The number of ether oxygens (including phenoxy) is 2. The van der Waals surface area contributed by atoms with Crippen LogP contribution >= 0.6 is 11.3 Å². The van der Waals surface area contributed by atoms with Gasteiger partial charge in [0.25, 0.3) is 0 Å². The number of nitrogens with zero attached hydrogens (tertiary/aromatic N) is 4. The van der Waals surface area contributed by atoms with Gasteiger partial charge < -0.3 is 19.3 Å². The van der Waals surface area contributed by atoms with Gasteiger partial charge in [-0.05, 0) is 30.3 Å². The number of rotatable bonds is 7. The average molecular weight is 578 g/mol. The Balaban J connectivity index is 1.10. The first-order chi connectivity index (χ1) is 26.0. The molecule has 2 N–H and O–H groups in total. The molecule has 4 heterocycles. The van der Waals surface area contributed by atoms with E-state index in [2.05, 4.69) is 25.5 Å². The van der Waals surface area contributed by atoms with Crippen molar-refractivity contribution in [3.63, 3.8) is 0 Å². The van der Waals surface area contributed by atoms with Crippen LogP contribution in [0.25, 0.3) is 26.4 Å². The summed E-state index contributed by atoms with van der Waals surface area (Å²) in [6, 6.07) is 11.4. The third-order valence-electron chi connectivity index (χ3n) is 5.68. The summed E-state index contributed by atoms with van der Waals surface area (Å²) in [5, 5.41) is 8.18. The van der Waals surface area contributed by atoms with Crippen molar-refractivity contribution in [3.05, 3.63) is 60.4 Å². The van der Waals surface area contributed by atoms with Gasteiger partial charge in [0, 0.05) is 66.3 Å². The van der Waals surface area contributed by atoms with E-state index < -0.39 is 76.2 Å². The second-order valence-corrected chi connectivity index (χ2v) is 9.53. The summed E-state index contributed by atoms with van der Waals surface area (Å²) in [7, 11) is 0. The molecule has 11 heteroatoms. The maximum atomic E-state index is 12.7. The van der Waals surface area contributed by atoms with Crippen molar-refractivity contribution in [1.82, 2.24) is 19.4 Å². The second-order valence-electron chi connectivity index (χ2n) is 8.52. The minimum atomic E-state index is -3.56. The van der Waals surface area contributed by atoms with Crippen LogP contribution in [-0.2, 0) is 10.2 Å². The summed E-state index contributed by atoms with van der Waals surface area (Å²) in [6.07, 6.45) is 1.79. The fourth-order valence-electron chi connectivity index (χ4n) is 3.80. The smallest absolute Gasteiger partial charge is 0.326 e. The average Bonchev–Trinajstić information content (AvgIpc) is 3.75. The summed E-state index contributed by atoms with van der Waals surface area (Å²) in [4.78, 5) is 18.4. The third-order valence-corrected chi connectivity index (χ3v) is 6.70. The second kappa shape index (κ2) is 10.9. The van der Waals surface area contributed by atoms with Gasteiger partial charge >= 0.3 is 6.03 Å². The molecule has 0 spiro atoms. The van der Waals surface area contributed by atoms with Gasteiger partial charge in [-0.3, -0.25) is 14.6 Å². The maximum absolute atomic E-state index is 12.7. The highest BCUT2D eigenvalue weighted by Crippen LogP contribution is 2.32. The van der Waals surface area contributed by atoms with Crippen molar-refractivity contribution >= 4 is 44.1 Å². The zero-order chi connectivity index (χ0) is 42.4. The molecule has 1 saturated heterocycles. The van der Waals surface area contributed by atoms with Gasteiger partial charge in [-0.2, -0.15) is 0 Å². The Morgan fingerprint density at radius 1 is 1.15 bits per heavy atom. The van der Waals surface area contributed by atoms with E-state index in [0.717, 1.165) is 16.3 Å². The number of amides is 2. The van der Waals surface area contributed by atoms with E-state index in [1.54, 1.807) is 48.7 Å². The highest BCUT2D eigenvalue weighted by Gasteiger charge is 2.20. The van der Waals surface area contributed by atoms with Gasteiger partial charge in [-0.15, -0.1) is 0 Å². The number of hydrogen-bond acceptors (Lipinski definition) is 8. The highest BCUT2D eigenvalue weighted by molar-refractivity contribution is 7.23. The molecule has 0 aliphatic carbocycles. The molecule has 5 aromatic rings. The zero-order valence-corrected chi connectivity index (χ0v) is 21.3. The molecule has 0 atom stereocenters. The lowest BCUT2D eigenvalue weighted by molar-refractivity contribution is 0.0322. The molecular formula is C29H32N6O4S. The molecule has 208 valence electrons. The number of carbonyl (C=O) groups is 1. The number of nitrogens with one attached hydrogen (secondary N) is 2. The molecule has 40 heavy (non-hydrogen) atoms. The zero-order valence-electron chi connectivity index (χ0n) is 37.4. The maximum Gasteiger partial charge on any atom is 0.326 e. The normalized spacial score (nSPS) is 26.9. The fourth-order valence-corrected chi connectivity index (χ4v) is 4.83. The first-order valence-electron chi connectivity index (χ1n) is 20.2. The molecular weight excluding hydrogens is 528 g/mol. The molecule has 0 unspecified atom stereocenters. The molecule has 1 aliphatic rings. The van der Waals surface area contributed by atoms with Crippen molar-refractivity contribution in [2.75, 3.05) is 49.9 Å². The lowest BCUT2D eigenvalue weighted by Gasteiger charge is -2.26. The minimum absolute atomic E-state index is 0.301. The molecule has 3 aromatic heterocycles. The molecule has 1 fully saturated rings. The van der Waals surface area contributed by atoms with E-state index in [-0.39, 0.29) is 6.61 Å². The number of imidazole rings is 1. The summed E-state index contributed by atoms with van der Waals surface area (Å²) in [5.41, 5.74) is -1.97. The number of morpholine rings is 1. The molecule has 2 aromatic carbocycles. The predicted octanol–water partition coefficient (Wildman–Crippen LogP) is 5.86. The monoisotopic (exact) mass is 577 g/mol. The van der Waals surface area contributed by atoms with Crippen LogP contribution in [0.1, 0.15) is 49.6 Å². The van der Waals surface area contributed by atoms with Crippen LogP contribution in [0, 0.1) is 0 Å². The van der Waals surface area contributed by atoms with E-state index in [0.29, 0.717) is 32.6 Å². The molecule has 1 aliphatic heterocycles. The largest absolute Gasteiger partial charge is 0.492 e. The van der Waals surface area contributed by atoms with Gasteiger partial charge in [0.05, 0.1) is 40.2 Å². The predicted molar refractivity (Wildman–Crippen MR) is 157 cm³/mol. The number of urea groups is 1. The van der Waals surface area contributed by atoms with Crippen molar-refractivity contribution in [3.8, 4) is 17.0 Å². The Hall–Kier alpha value is -3.93.